The van der Waals surface area contributed by atoms with Crippen LogP contribution in [0.1, 0.15) is 5.56 Å². The van der Waals surface area contributed by atoms with E-state index in [-0.39, 0.29) is 35.1 Å². The second-order valence-corrected chi connectivity index (χ2v) is 10.9. The zero-order valence-electron chi connectivity index (χ0n) is 14.6. The van der Waals surface area contributed by atoms with Gasteiger partial charge in [0, 0.05) is 10.3 Å². The third-order valence-corrected chi connectivity index (χ3v) is 8.42. The zero-order chi connectivity index (χ0) is 19.9. The highest BCUT2D eigenvalue weighted by Gasteiger charge is 2.49. The van der Waals surface area contributed by atoms with Gasteiger partial charge in [-0.15, -0.1) is 0 Å². The molecular formula is C19H16Cl2N2O3S2. The van der Waals surface area contributed by atoms with Crippen molar-refractivity contribution in [1.29, 1.82) is 0 Å². The van der Waals surface area contributed by atoms with E-state index >= 15 is 0 Å². The number of fused-ring (bicyclic) bond motifs is 1. The van der Waals surface area contributed by atoms with Crippen LogP contribution in [-0.4, -0.2) is 42.3 Å². The Balaban J connectivity index is 1.69. The average molecular weight is 455 g/mol. The molecule has 2 saturated heterocycles. The van der Waals surface area contributed by atoms with Crippen LogP contribution >= 0.6 is 35.0 Å². The van der Waals surface area contributed by atoms with Crippen molar-refractivity contribution in [2.75, 3.05) is 16.4 Å². The Labute approximate surface area is 177 Å². The summed E-state index contributed by atoms with van der Waals surface area (Å²) in [6.07, 6.45) is 0.176. The largest absolute Gasteiger partial charge is 0.314 e. The lowest BCUT2D eigenvalue weighted by Crippen LogP contribution is -2.38. The maximum absolute atomic E-state index is 12.5. The number of amidine groups is 1. The second-order valence-electron chi connectivity index (χ2n) is 6.72. The van der Waals surface area contributed by atoms with Crippen LogP contribution in [0.2, 0.25) is 10.0 Å². The molecule has 2 fully saturated rings. The van der Waals surface area contributed by atoms with Crippen molar-refractivity contribution in [3.8, 4) is 0 Å². The van der Waals surface area contributed by atoms with Gasteiger partial charge in [-0.3, -0.25) is 4.79 Å². The number of carbonyl (C=O) groups is 1. The molecule has 2 aromatic rings. The number of nitrogens with zero attached hydrogens (tertiary/aromatic N) is 2. The fourth-order valence-electron chi connectivity index (χ4n) is 3.43. The van der Waals surface area contributed by atoms with Crippen LogP contribution in [0.4, 0.5) is 5.69 Å². The van der Waals surface area contributed by atoms with Crippen LogP contribution in [0.25, 0.3) is 0 Å². The van der Waals surface area contributed by atoms with Crippen molar-refractivity contribution >= 4 is 61.6 Å². The summed E-state index contributed by atoms with van der Waals surface area (Å²) in [6.45, 7) is 0. The Morgan fingerprint density at radius 2 is 1.89 bits per heavy atom. The number of sulfone groups is 1. The third-order valence-electron chi connectivity index (χ3n) is 4.65. The van der Waals surface area contributed by atoms with E-state index in [0.29, 0.717) is 20.9 Å². The molecule has 0 bridgehead atoms. The van der Waals surface area contributed by atoms with E-state index in [1.165, 1.54) is 11.8 Å². The van der Waals surface area contributed by atoms with Gasteiger partial charge in [0.25, 0.3) is 5.91 Å². The molecule has 0 aromatic heterocycles. The first-order valence-corrected chi connectivity index (χ1v) is 12.0. The van der Waals surface area contributed by atoms with E-state index in [0.717, 1.165) is 5.56 Å². The molecule has 28 heavy (non-hydrogen) atoms. The molecule has 2 aliphatic rings. The predicted molar refractivity (Wildman–Crippen MR) is 115 cm³/mol. The van der Waals surface area contributed by atoms with E-state index in [2.05, 4.69) is 4.99 Å². The van der Waals surface area contributed by atoms with Gasteiger partial charge in [-0.25, -0.2) is 8.42 Å². The number of benzene rings is 2. The first-order chi connectivity index (χ1) is 13.3. The summed E-state index contributed by atoms with van der Waals surface area (Å²) < 4.78 is 24.3. The summed E-state index contributed by atoms with van der Waals surface area (Å²) in [5.74, 6) is -0.234. The number of amides is 1. The average Bonchev–Trinajstić information content (AvgIpc) is 3.09. The Bertz CT molecular complexity index is 1060. The maximum Gasteiger partial charge on any atom is 0.252 e. The summed E-state index contributed by atoms with van der Waals surface area (Å²) in [5.41, 5.74) is 1.44. The van der Waals surface area contributed by atoms with Gasteiger partial charge in [0.15, 0.2) is 15.0 Å². The van der Waals surface area contributed by atoms with Crippen LogP contribution in [0, 0.1) is 0 Å². The number of halogens is 2. The van der Waals surface area contributed by atoms with E-state index in [9.17, 15) is 13.2 Å². The van der Waals surface area contributed by atoms with Gasteiger partial charge >= 0.3 is 0 Å². The lowest BCUT2D eigenvalue weighted by molar-refractivity contribution is -0.117. The number of carbonyl (C=O) groups excluding carboxylic acids is 1. The van der Waals surface area contributed by atoms with Crippen LogP contribution in [-0.2, 0) is 21.1 Å². The van der Waals surface area contributed by atoms with Crippen molar-refractivity contribution in [1.82, 2.24) is 0 Å². The lowest BCUT2D eigenvalue weighted by atomic mass is 10.1. The molecule has 0 unspecified atom stereocenters. The molecule has 1 amide bonds. The fraction of sp³-hybridized carbons (Fsp3) is 0.263. The van der Waals surface area contributed by atoms with Crippen molar-refractivity contribution in [2.45, 2.75) is 17.7 Å². The molecule has 2 aliphatic heterocycles. The highest BCUT2D eigenvalue weighted by molar-refractivity contribution is 8.16. The molecular weight excluding hydrogens is 439 g/mol. The van der Waals surface area contributed by atoms with E-state index in [1.54, 1.807) is 23.1 Å². The number of hydrogen-bond donors (Lipinski definition) is 0. The van der Waals surface area contributed by atoms with Crippen LogP contribution in [0.3, 0.4) is 0 Å². The molecule has 0 spiro atoms. The molecule has 9 heteroatoms. The number of hydrogen-bond acceptors (Lipinski definition) is 4. The Morgan fingerprint density at radius 1 is 1.14 bits per heavy atom. The van der Waals surface area contributed by atoms with Crippen molar-refractivity contribution in [2.24, 2.45) is 4.99 Å². The highest BCUT2D eigenvalue weighted by atomic mass is 35.5. The smallest absolute Gasteiger partial charge is 0.252 e. The molecule has 0 aliphatic carbocycles. The Kier molecular flexibility index (Phi) is 5.44. The van der Waals surface area contributed by atoms with Gasteiger partial charge in [0.1, 0.15) is 0 Å². The number of thioether (sulfide) groups is 1. The molecule has 4 rings (SSSR count). The number of rotatable bonds is 3. The summed E-state index contributed by atoms with van der Waals surface area (Å²) in [5, 5.41) is 1.18. The Hall–Kier alpha value is -1.54. The van der Waals surface area contributed by atoms with Crippen LogP contribution < -0.4 is 4.90 Å². The highest BCUT2D eigenvalue weighted by Crippen LogP contribution is 2.43. The summed E-state index contributed by atoms with van der Waals surface area (Å²) >= 11 is 13.8. The summed E-state index contributed by atoms with van der Waals surface area (Å²) in [6, 6.07) is 14.0. The Morgan fingerprint density at radius 3 is 2.64 bits per heavy atom. The molecule has 0 saturated carbocycles. The van der Waals surface area contributed by atoms with Crippen molar-refractivity contribution in [3.63, 3.8) is 0 Å². The first kappa shape index (κ1) is 19.8. The van der Waals surface area contributed by atoms with Gasteiger partial charge in [-0.2, -0.15) is 4.99 Å². The third kappa shape index (κ3) is 4.08. The summed E-state index contributed by atoms with van der Waals surface area (Å²) in [7, 11) is -3.15. The molecule has 2 aromatic carbocycles. The molecule has 0 radical (unpaired) electrons. The van der Waals surface area contributed by atoms with Gasteiger partial charge in [-0.05, 0) is 23.8 Å². The lowest BCUT2D eigenvalue weighted by Gasteiger charge is -2.25. The van der Waals surface area contributed by atoms with Crippen LogP contribution in [0.5, 0.6) is 0 Å². The molecule has 2 heterocycles. The van der Waals surface area contributed by atoms with E-state index < -0.39 is 9.84 Å². The van der Waals surface area contributed by atoms with Gasteiger partial charge in [-0.1, -0.05) is 65.3 Å². The topological polar surface area (TPSA) is 66.8 Å². The molecule has 146 valence electrons. The molecule has 5 nitrogen and oxygen atoms in total. The van der Waals surface area contributed by atoms with Gasteiger partial charge in [0.2, 0.25) is 0 Å². The minimum absolute atomic E-state index is 0.000591. The van der Waals surface area contributed by atoms with E-state index in [1.807, 2.05) is 30.3 Å². The van der Waals surface area contributed by atoms with Crippen molar-refractivity contribution in [3.05, 3.63) is 64.1 Å². The minimum Gasteiger partial charge on any atom is -0.314 e. The van der Waals surface area contributed by atoms with Gasteiger partial charge < -0.3 is 4.90 Å². The summed E-state index contributed by atoms with van der Waals surface area (Å²) in [4.78, 5) is 18.6. The quantitative estimate of drug-likeness (QED) is 0.704. The normalized spacial score (nSPS) is 24.5. The fourth-order valence-corrected chi connectivity index (χ4v) is 7.73. The molecule has 0 N–H and O–H groups in total. The second kappa shape index (κ2) is 7.71. The van der Waals surface area contributed by atoms with Gasteiger partial charge in [0.05, 0.1) is 34.7 Å². The van der Waals surface area contributed by atoms with Crippen LogP contribution in [0.15, 0.2) is 53.5 Å². The predicted octanol–water partition coefficient (Wildman–Crippen LogP) is 3.84. The minimum atomic E-state index is -3.15. The SMILES string of the molecule is O=C(Cc1ccccc1)N=C1S[C@@H]2CS(=O)(=O)C[C@@H]2N1c1cc(Cl)ccc1Cl. The number of anilines is 1. The molecule has 2 atom stereocenters. The maximum atomic E-state index is 12.5. The standard InChI is InChI=1S/C19H16Cl2N2O3S2/c20-13-6-7-14(21)15(9-13)23-16-10-28(25,26)11-17(16)27-19(23)22-18(24)8-12-4-2-1-3-5-12/h1-7,9,16-17H,8,10-11H2/t16-,17+/m0/s1. The van der Waals surface area contributed by atoms with Crippen molar-refractivity contribution < 1.29 is 13.2 Å². The first-order valence-electron chi connectivity index (χ1n) is 8.59. The van der Waals surface area contributed by atoms with E-state index in [4.69, 9.17) is 23.2 Å². The monoisotopic (exact) mass is 454 g/mol. The number of aliphatic imine (C=N–C) groups is 1. The zero-order valence-corrected chi connectivity index (χ0v) is 17.7.